The Morgan fingerprint density at radius 3 is 2.73 bits per heavy atom. The Morgan fingerprint density at radius 1 is 1.45 bits per heavy atom. The van der Waals surface area contributed by atoms with Gasteiger partial charge in [0.1, 0.15) is 17.9 Å². The number of rotatable bonds is 2. The molecule has 0 saturated carbocycles. The highest BCUT2D eigenvalue weighted by atomic mass is 19.1. The molecule has 0 spiro atoms. The van der Waals surface area contributed by atoms with E-state index < -0.39 is 5.82 Å². The number of hydrogen-bond acceptors (Lipinski definition) is 2. The van der Waals surface area contributed by atoms with Crippen LogP contribution in [0.1, 0.15) is 5.56 Å². The Hall–Kier alpha value is -1.38. The topological polar surface area (TPSA) is 37.3 Å². The molecule has 1 aromatic carbocycles. The molecule has 1 rings (SSSR count). The van der Waals surface area contributed by atoms with Gasteiger partial charge in [-0.25, -0.2) is 4.39 Å². The molecule has 0 atom stereocenters. The quantitative estimate of drug-likeness (QED) is 0.651. The van der Waals surface area contributed by atoms with Gasteiger partial charge in [-0.1, -0.05) is 0 Å². The van der Waals surface area contributed by atoms with Gasteiger partial charge in [0.25, 0.3) is 0 Å². The largest absolute Gasteiger partial charge is 0.508 e. The van der Waals surface area contributed by atoms with Gasteiger partial charge < -0.3 is 9.90 Å². The third-order valence-corrected chi connectivity index (χ3v) is 1.26. The smallest absolute Gasteiger partial charge is 0.127 e. The van der Waals surface area contributed by atoms with E-state index in [1.54, 1.807) is 0 Å². The highest BCUT2D eigenvalue weighted by Gasteiger charge is 1.97. The Kier molecular flexibility index (Phi) is 2.21. The molecule has 0 saturated heterocycles. The molecule has 3 heteroatoms. The standard InChI is InChI=1S/C8H7FO2/c9-7-3-6(1-2-10)4-8(11)5-7/h2-5,11H,1H2. The van der Waals surface area contributed by atoms with Gasteiger partial charge in [-0.2, -0.15) is 0 Å². The molecule has 0 aliphatic heterocycles. The van der Waals surface area contributed by atoms with Crippen molar-refractivity contribution in [2.24, 2.45) is 0 Å². The van der Waals surface area contributed by atoms with E-state index >= 15 is 0 Å². The number of aldehydes is 1. The molecule has 11 heavy (non-hydrogen) atoms. The van der Waals surface area contributed by atoms with Crippen molar-refractivity contribution >= 4 is 6.29 Å². The average molecular weight is 154 g/mol. The summed E-state index contributed by atoms with van der Waals surface area (Å²) in [6, 6.07) is 3.57. The van der Waals surface area contributed by atoms with E-state index in [1.165, 1.54) is 12.1 Å². The van der Waals surface area contributed by atoms with Crippen molar-refractivity contribution in [2.45, 2.75) is 6.42 Å². The third kappa shape index (κ3) is 2.04. The molecule has 0 radical (unpaired) electrons. The Labute approximate surface area is 63.3 Å². The number of benzene rings is 1. The first-order valence-electron chi connectivity index (χ1n) is 3.14. The van der Waals surface area contributed by atoms with Crippen molar-refractivity contribution in [1.82, 2.24) is 0 Å². The minimum absolute atomic E-state index is 0.130. The molecule has 0 aromatic heterocycles. The number of aromatic hydroxyl groups is 1. The van der Waals surface area contributed by atoms with Crippen molar-refractivity contribution in [3.05, 3.63) is 29.6 Å². The molecular formula is C8H7FO2. The van der Waals surface area contributed by atoms with Gasteiger partial charge in [-0.05, 0) is 17.7 Å². The lowest BCUT2D eigenvalue weighted by atomic mass is 10.1. The maximum atomic E-state index is 12.5. The fraction of sp³-hybridized carbons (Fsp3) is 0.125. The van der Waals surface area contributed by atoms with Crippen LogP contribution in [0.25, 0.3) is 0 Å². The number of hydrogen-bond donors (Lipinski definition) is 1. The van der Waals surface area contributed by atoms with Crippen LogP contribution in [0.5, 0.6) is 5.75 Å². The van der Waals surface area contributed by atoms with Crippen molar-refractivity contribution in [1.29, 1.82) is 0 Å². The van der Waals surface area contributed by atoms with Crippen LogP contribution in [0, 0.1) is 5.82 Å². The number of carbonyl (C=O) groups is 1. The number of phenolic OH excluding ortho intramolecular Hbond substituents is 1. The lowest BCUT2D eigenvalue weighted by molar-refractivity contribution is -0.107. The van der Waals surface area contributed by atoms with Crippen molar-refractivity contribution in [3.8, 4) is 5.75 Å². The van der Waals surface area contributed by atoms with Gasteiger partial charge >= 0.3 is 0 Å². The van der Waals surface area contributed by atoms with Gasteiger partial charge in [0.05, 0.1) is 0 Å². The second-order valence-corrected chi connectivity index (χ2v) is 2.19. The van der Waals surface area contributed by atoms with Gasteiger partial charge in [0, 0.05) is 12.5 Å². The minimum atomic E-state index is -0.526. The minimum Gasteiger partial charge on any atom is -0.508 e. The van der Waals surface area contributed by atoms with E-state index in [1.807, 2.05) is 0 Å². The molecular weight excluding hydrogens is 147 g/mol. The lowest BCUT2D eigenvalue weighted by Gasteiger charge is -1.96. The van der Waals surface area contributed by atoms with E-state index in [-0.39, 0.29) is 12.2 Å². The maximum absolute atomic E-state index is 12.5. The molecule has 58 valence electrons. The molecule has 0 heterocycles. The normalized spacial score (nSPS) is 9.55. The predicted octanol–water partition coefficient (Wildman–Crippen LogP) is 1.27. The van der Waals surface area contributed by atoms with Crippen LogP contribution in [0.4, 0.5) is 4.39 Å². The van der Waals surface area contributed by atoms with Crippen molar-refractivity contribution in [2.75, 3.05) is 0 Å². The second kappa shape index (κ2) is 3.14. The average Bonchev–Trinajstić information content (AvgIpc) is 1.85. The lowest BCUT2D eigenvalue weighted by Crippen LogP contribution is -1.86. The van der Waals surface area contributed by atoms with Crippen LogP contribution in [0.2, 0.25) is 0 Å². The van der Waals surface area contributed by atoms with Crippen molar-refractivity contribution in [3.63, 3.8) is 0 Å². The Bertz CT molecular complexity index is 251. The zero-order valence-corrected chi connectivity index (χ0v) is 5.75. The van der Waals surface area contributed by atoms with Crippen LogP contribution in [0.3, 0.4) is 0 Å². The van der Waals surface area contributed by atoms with E-state index in [4.69, 9.17) is 5.11 Å². The number of halogens is 1. The number of phenols is 1. The van der Waals surface area contributed by atoms with Crippen LogP contribution < -0.4 is 0 Å². The highest BCUT2D eigenvalue weighted by molar-refractivity contribution is 5.55. The van der Waals surface area contributed by atoms with E-state index in [0.29, 0.717) is 11.8 Å². The summed E-state index contributed by atoms with van der Waals surface area (Å²) in [5.41, 5.74) is 0.484. The van der Waals surface area contributed by atoms with E-state index in [2.05, 4.69) is 0 Å². The molecule has 0 unspecified atom stereocenters. The molecule has 1 N–H and O–H groups in total. The maximum Gasteiger partial charge on any atom is 0.127 e. The summed E-state index contributed by atoms with van der Waals surface area (Å²) in [5.74, 6) is -0.677. The van der Waals surface area contributed by atoms with Crippen molar-refractivity contribution < 1.29 is 14.3 Å². The SMILES string of the molecule is O=CCc1cc(O)cc(F)c1. The molecule has 0 fully saturated rings. The summed E-state index contributed by atoms with van der Waals surface area (Å²) in [6.07, 6.45) is 0.791. The fourth-order valence-electron chi connectivity index (χ4n) is 0.847. The summed E-state index contributed by atoms with van der Waals surface area (Å²) in [6.45, 7) is 0. The van der Waals surface area contributed by atoms with Gasteiger partial charge in [-0.3, -0.25) is 0 Å². The summed E-state index contributed by atoms with van der Waals surface area (Å²) in [5, 5.41) is 8.86. The van der Waals surface area contributed by atoms with E-state index in [0.717, 1.165) is 6.07 Å². The van der Waals surface area contributed by atoms with Crippen LogP contribution in [-0.4, -0.2) is 11.4 Å². The molecule has 0 bridgehead atoms. The molecule has 0 aliphatic rings. The third-order valence-electron chi connectivity index (χ3n) is 1.26. The Morgan fingerprint density at radius 2 is 2.18 bits per heavy atom. The zero-order valence-electron chi connectivity index (χ0n) is 5.75. The Balaban J connectivity index is 2.98. The van der Waals surface area contributed by atoms with Crippen LogP contribution in [0.15, 0.2) is 18.2 Å². The molecule has 1 aromatic rings. The first-order valence-corrected chi connectivity index (χ1v) is 3.14. The van der Waals surface area contributed by atoms with Crippen LogP contribution in [-0.2, 0) is 11.2 Å². The van der Waals surface area contributed by atoms with Crippen LogP contribution >= 0.6 is 0 Å². The molecule has 0 amide bonds. The fourth-order valence-corrected chi connectivity index (χ4v) is 0.847. The summed E-state index contributed by atoms with van der Waals surface area (Å²) < 4.78 is 12.5. The number of carbonyl (C=O) groups excluding carboxylic acids is 1. The second-order valence-electron chi connectivity index (χ2n) is 2.19. The highest BCUT2D eigenvalue weighted by Crippen LogP contribution is 2.14. The summed E-state index contributed by atoms with van der Waals surface area (Å²) in [7, 11) is 0. The summed E-state index contributed by atoms with van der Waals surface area (Å²) >= 11 is 0. The monoisotopic (exact) mass is 154 g/mol. The first kappa shape index (κ1) is 7.72. The molecule has 2 nitrogen and oxygen atoms in total. The summed E-state index contributed by atoms with van der Waals surface area (Å²) in [4.78, 5) is 9.99. The van der Waals surface area contributed by atoms with Gasteiger partial charge in [-0.15, -0.1) is 0 Å². The van der Waals surface area contributed by atoms with Gasteiger partial charge in [0.2, 0.25) is 0 Å². The molecule has 0 aliphatic carbocycles. The van der Waals surface area contributed by atoms with Gasteiger partial charge in [0.15, 0.2) is 0 Å². The predicted molar refractivity (Wildman–Crippen MR) is 37.8 cm³/mol. The first-order chi connectivity index (χ1) is 5.22. The zero-order chi connectivity index (χ0) is 8.27. The van der Waals surface area contributed by atoms with E-state index in [9.17, 15) is 9.18 Å².